The van der Waals surface area contributed by atoms with Crippen molar-refractivity contribution in [2.24, 2.45) is 0 Å². The number of thioether (sulfide) groups is 1. The molecule has 2 amide bonds. The van der Waals surface area contributed by atoms with Gasteiger partial charge in [-0.2, -0.15) is 0 Å². The van der Waals surface area contributed by atoms with E-state index in [-0.39, 0.29) is 29.1 Å². The highest BCUT2D eigenvalue weighted by molar-refractivity contribution is 7.98. The lowest BCUT2D eigenvalue weighted by molar-refractivity contribution is -0.139. The van der Waals surface area contributed by atoms with Crippen LogP contribution in [0.5, 0.6) is 5.75 Å². The maximum atomic E-state index is 14.1. The van der Waals surface area contributed by atoms with E-state index in [9.17, 15) is 18.0 Å². The molecule has 0 aromatic heterocycles. The van der Waals surface area contributed by atoms with Gasteiger partial charge in [0.15, 0.2) is 0 Å². The molecule has 0 aliphatic heterocycles. The molecule has 0 unspecified atom stereocenters. The Hall–Kier alpha value is -3.21. The number of halogens is 1. The second-order valence-corrected chi connectivity index (χ2v) is 12.8. The molecule has 42 heavy (non-hydrogen) atoms. The summed E-state index contributed by atoms with van der Waals surface area (Å²) < 4.78 is 35.1. The topological polar surface area (TPSA) is 96.0 Å². The van der Waals surface area contributed by atoms with Crippen LogP contribution in [0.2, 0.25) is 5.02 Å². The van der Waals surface area contributed by atoms with Gasteiger partial charge in [0.05, 0.1) is 17.2 Å². The van der Waals surface area contributed by atoms with E-state index >= 15 is 0 Å². The van der Waals surface area contributed by atoms with Crippen LogP contribution >= 0.6 is 23.4 Å². The third-order valence-corrected chi connectivity index (χ3v) is 9.71. The molecule has 0 saturated heterocycles. The van der Waals surface area contributed by atoms with E-state index in [1.807, 2.05) is 20.1 Å². The number of rotatable bonds is 14. The van der Waals surface area contributed by atoms with Crippen LogP contribution in [0.4, 0.5) is 5.69 Å². The van der Waals surface area contributed by atoms with Gasteiger partial charge < -0.3 is 15.0 Å². The van der Waals surface area contributed by atoms with Gasteiger partial charge in [0.2, 0.25) is 11.8 Å². The highest BCUT2D eigenvalue weighted by atomic mass is 35.5. The van der Waals surface area contributed by atoms with Gasteiger partial charge in [0, 0.05) is 22.5 Å². The van der Waals surface area contributed by atoms with Crippen LogP contribution in [0, 0.1) is 0 Å². The van der Waals surface area contributed by atoms with Crippen molar-refractivity contribution in [1.82, 2.24) is 10.2 Å². The average Bonchev–Trinajstić information content (AvgIpc) is 2.99. The number of ether oxygens (including phenoxy) is 1. The number of carbonyl (C=O) groups excluding carboxylic acids is 2. The van der Waals surface area contributed by atoms with Crippen molar-refractivity contribution in [3.63, 3.8) is 0 Å². The van der Waals surface area contributed by atoms with Gasteiger partial charge in [-0.25, -0.2) is 8.42 Å². The van der Waals surface area contributed by atoms with E-state index in [2.05, 4.69) is 5.32 Å². The molecule has 11 heteroatoms. The molecular formula is C31H38ClN3O5S2. The van der Waals surface area contributed by atoms with Crippen LogP contribution in [0.1, 0.15) is 39.7 Å². The molecule has 0 bridgehead atoms. The zero-order chi connectivity index (χ0) is 30.9. The van der Waals surface area contributed by atoms with Crippen LogP contribution in [-0.2, 0) is 26.2 Å². The van der Waals surface area contributed by atoms with Crippen molar-refractivity contribution in [2.75, 3.05) is 23.7 Å². The number of benzene rings is 3. The smallest absolute Gasteiger partial charge is 0.264 e. The Balaban J connectivity index is 2.09. The standard InChI is InChI=1S/C31H38ClN3O5S2/c1-6-22(3)33-31(37)23(4)34(20-24-12-8-9-13-27(24)32)30(36)21-35(28-14-10-11-15-29(28)40-7-2)42(38,39)26-18-16-25(41-5)17-19-26/h8-19,22-23H,6-7,20-21H2,1-5H3,(H,33,37)/t22-,23+/m1/s1. The number of para-hydroxylation sites is 2. The van der Waals surface area contributed by atoms with Crippen molar-refractivity contribution < 1.29 is 22.7 Å². The van der Waals surface area contributed by atoms with E-state index in [1.54, 1.807) is 74.5 Å². The number of anilines is 1. The first kappa shape index (κ1) is 33.3. The quantitative estimate of drug-likeness (QED) is 0.220. The van der Waals surface area contributed by atoms with Gasteiger partial charge in [-0.1, -0.05) is 48.9 Å². The number of carbonyl (C=O) groups is 2. The van der Waals surface area contributed by atoms with E-state index < -0.39 is 28.5 Å². The molecule has 0 fully saturated rings. The minimum atomic E-state index is -4.23. The molecule has 3 aromatic rings. The molecule has 0 spiro atoms. The molecule has 8 nitrogen and oxygen atoms in total. The normalized spacial score (nSPS) is 12.7. The van der Waals surface area contributed by atoms with Gasteiger partial charge in [-0.3, -0.25) is 13.9 Å². The summed E-state index contributed by atoms with van der Waals surface area (Å²) in [6.07, 6.45) is 2.62. The second kappa shape index (κ2) is 15.3. The van der Waals surface area contributed by atoms with Gasteiger partial charge in [-0.15, -0.1) is 11.8 Å². The first-order valence-corrected chi connectivity index (χ1v) is 16.8. The monoisotopic (exact) mass is 631 g/mol. The number of hydrogen-bond donors (Lipinski definition) is 1. The van der Waals surface area contributed by atoms with Crippen molar-refractivity contribution >= 4 is 50.9 Å². The highest BCUT2D eigenvalue weighted by Crippen LogP contribution is 2.33. The van der Waals surface area contributed by atoms with Crippen LogP contribution in [-0.4, -0.2) is 56.6 Å². The maximum Gasteiger partial charge on any atom is 0.264 e. The Kier molecular flexibility index (Phi) is 12.1. The summed E-state index contributed by atoms with van der Waals surface area (Å²) in [5.41, 5.74) is 0.850. The molecule has 1 N–H and O–H groups in total. The molecule has 226 valence electrons. The third kappa shape index (κ3) is 8.20. The van der Waals surface area contributed by atoms with Crippen molar-refractivity contribution in [3.05, 3.63) is 83.4 Å². The summed E-state index contributed by atoms with van der Waals surface area (Å²) in [7, 11) is -4.23. The second-order valence-electron chi connectivity index (χ2n) is 9.69. The largest absolute Gasteiger partial charge is 0.492 e. The van der Waals surface area contributed by atoms with E-state index in [0.29, 0.717) is 29.4 Å². The van der Waals surface area contributed by atoms with Crippen LogP contribution in [0.3, 0.4) is 0 Å². The fourth-order valence-electron chi connectivity index (χ4n) is 4.19. The van der Waals surface area contributed by atoms with Crippen LogP contribution < -0.4 is 14.4 Å². The minimum absolute atomic E-state index is 0.0109. The lowest BCUT2D eigenvalue weighted by Crippen LogP contribution is -2.52. The number of amides is 2. The van der Waals surface area contributed by atoms with E-state index in [1.165, 1.54) is 28.8 Å². The lowest BCUT2D eigenvalue weighted by atomic mass is 10.1. The summed E-state index contributed by atoms with van der Waals surface area (Å²) in [4.78, 5) is 29.7. The van der Waals surface area contributed by atoms with Crippen LogP contribution in [0.25, 0.3) is 0 Å². The minimum Gasteiger partial charge on any atom is -0.492 e. The SMILES string of the molecule is CCOc1ccccc1N(CC(=O)N(Cc1ccccc1Cl)[C@@H](C)C(=O)N[C@H](C)CC)S(=O)(=O)c1ccc(SC)cc1. The highest BCUT2D eigenvalue weighted by Gasteiger charge is 2.34. The Morgan fingerprint density at radius 2 is 1.62 bits per heavy atom. The Morgan fingerprint density at radius 1 is 0.976 bits per heavy atom. The molecule has 3 rings (SSSR count). The van der Waals surface area contributed by atoms with Gasteiger partial charge in [0.25, 0.3) is 10.0 Å². The van der Waals surface area contributed by atoms with E-state index in [0.717, 1.165) is 9.20 Å². The fourth-order valence-corrected chi connectivity index (χ4v) is 6.22. The molecule has 0 heterocycles. The summed E-state index contributed by atoms with van der Waals surface area (Å²) >= 11 is 7.93. The molecule has 0 aliphatic carbocycles. The Labute approximate surface area is 258 Å². The number of nitrogens with one attached hydrogen (secondary N) is 1. The fraction of sp³-hybridized carbons (Fsp3) is 0.355. The molecule has 2 atom stereocenters. The van der Waals surface area contributed by atoms with Crippen molar-refractivity contribution in [3.8, 4) is 5.75 Å². The first-order valence-electron chi connectivity index (χ1n) is 13.7. The molecule has 0 saturated carbocycles. The number of nitrogens with zero attached hydrogens (tertiary/aromatic N) is 2. The molecule has 3 aromatic carbocycles. The molecule has 0 radical (unpaired) electrons. The summed E-state index contributed by atoms with van der Waals surface area (Å²) in [5, 5.41) is 3.36. The van der Waals surface area contributed by atoms with Crippen molar-refractivity contribution in [1.29, 1.82) is 0 Å². The zero-order valence-corrected chi connectivity index (χ0v) is 26.9. The maximum absolute atomic E-state index is 14.1. The summed E-state index contributed by atoms with van der Waals surface area (Å²) in [6.45, 7) is 7.00. The van der Waals surface area contributed by atoms with E-state index in [4.69, 9.17) is 16.3 Å². The summed E-state index contributed by atoms with van der Waals surface area (Å²) in [5.74, 6) is -0.601. The third-order valence-electron chi connectivity index (χ3n) is 6.83. The van der Waals surface area contributed by atoms with Crippen LogP contribution in [0.15, 0.2) is 82.6 Å². The summed E-state index contributed by atoms with van der Waals surface area (Å²) in [6, 6.07) is 19.2. The van der Waals surface area contributed by atoms with Gasteiger partial charge in [0.1, 0.15) is 18.3 Å². The Bertz CT molecular complexity index is 1470. The zero-order valence-electron chi connectivity index (χ0n) is 24.5. The average molecular weight is 632 g/mol. The molecular weight excluding hydrogens is 594 g/mol. The molecule has 0 aliphatic rings. The van der Waals surface area contributed by atoms with Gasteiger partial charge >= 0.3 is 0 Å². The first-order chi connectivity index (χ1) is 20.0. The number of sulfonamides is 1. The predicted molar refractivity (Wildman–Crippen MR) is 170 cm³/mol. The van der Waals surface area contributed by atoms with Gasteiger partial charge in [-0.05, 0) is 81.5 Å². The lowest BCUT2D eigenvalue weighted by Gasteiger charge is -2.33. The predicted octanol–water partition coefficient (Wildman–Crippen LogP) is 5.99. The number of hydrogen-bond acceptors (Lipinski definition) is 6. The Morgan fingerprint density at radius 3 is 2.24 bits per heavy atom. The van der Waals surface area contributed by atoms with Crippen molar-refractivity contribution in [2.45, 2.75) is 62.5 Å².